The van der Waals surface area contributed by atoms with Crippen LogP contribution in [-0.4, -0.2) is 42.4 Å². The third kappa shape index (κ3) is 9.73. The zero-order valence-electron chi connectivity index (χ0n) is 10.9. The van der Waals surface area contributed by atoms with Crippen LogP contribution in [-0.2, 0) is 9.57 Å². The zero-order valence-corrected chi connectivity index (χ0v) is 10.9. The molecule has 0 aromatic rings. The highest BCUT2D eigenvalue weighted by atomic mass is 16.7. The van der Waals surface area contributed by atoms with Crippen molar-refractivity contribution < 1.29 is 14.7 Å². The lowest BCUT2D eigenvalue weighted by molar-refractivity contribution is 0.0337. The Balaban J connectivity index is 3.65. The maximum Gasteiger partial charge on any atom is 0.222 e. The van der Waals surface area contributed by atoms with Gasteiger partial charge in [-0.1, -0.05) is 5.16 Å². The van der Waals surface area contributed by atoms with E-state index in [1.807, 2.05) is 27.7 Å². The van der Waals surface area contributed by atoms with Crippen LogP contribution in [0, 0.1) is 0 Å². The summed E-state index contributed by atoms with van der Waals surface area (Å²) in [5.74, 6) is 0.471. The van der Waals surface area contributed by atoms with Gasteiger partial charge in [-0.2, -0.15) is 0 Å². The molecule has 0 saturated carbocycles. The molecule has 0 amide bonds. The van der Waals surface area contributed by atoms with Gasteiger partial charge in [-0.05, 0) is 27.7 Å². The molecular formula is C11H24N2O3. The van der Waals surface area contributed by atoms with Crippen LogP contribution in [0.5, 0.6) is 0 Å². The van der Waals surface area contributed by atoms with E-state index in [-0.39, 0.29) is 12.1 Å². The van der Waals surface area contributed by atoms with E-state index in [2.05, 4.69) is 10.5 Å². The molecule has 0 heterocycles. The molecule has 0 fully saturated rings. The van der Waals surface area contributed by atoms with Crippen LogP contribution >= 0.6 is 0 Å². The van der Waals surface area contributed by atoms with Gasteiger partial charge < -0.3 is 20.0 Å². The van der Waals surface area contributed by atoms with Crippen molar-refractivity contribution in [2.24, 2.45) is 5.16 Å². The lowest BCUT2D eigenvalue weighted by Crippen LogP contribution is -2.42. The largest absolute Gasteiger partial charge is 0.479 e. The van der Waals surface area contributed by atoms with E-state index >= 15 is 0 Å². The normalized spacial score (nSPS) is 14.8. The molecule has 0 saturated heterocycles. The molecule has 0 aliphatic rings. The smallest absolute Gasteiger partial charge is 0.222 e. The highest BCUT2D eigenvalue weighted by Gasteiger charge is 2.12. The molecule has 0 aromatic carbocycles. The number of ether oxygens (including phenoxy) is 1. The van der Waals surface area contributed by atoms with Crippen molar-refractivity contribution in [1.29, 1.82) is 0 Å². The predicted octanol–water partition coefficient (Wildman–Crippen LogP) is 1.12. The Morgan fingerprint density at radius 2 is 2.06 bits per heavy atom. The summed E-state index contributed by atoms with van der Waals surface area (Å²) in [6.07, 6.45) is -0.572. The van der Waals surface area contributed by atoms with Crippen molar-refractivity contribution in [2.75, 3.05) is 19.8 Å². The Hall–Kier alpha value is -0.810. The first kappa shape index (κ1) is 15.2. The summed E-state index contributed by atoms with van der Waals surface area (Å²) in [7, 11) is 0. The second-order valence-corrected chi connectivity index (χ2v) is 4.62. The van der Waals surface area contributed by atoms with Crippen LogP contribution in [0.1, 0.15) is 34.6 Å². The van der Waals surface area contributed by atoms with Crippen LogP contribution in [0.15, 0.2) is 5.16 Å². The minimum absolute atomic E-state index is 0.00845. The van der Waals surface area contributed by atoms with Crippen molar-refractivity contribution in [1.82, 2.24) is 5.32 Å². The molecular weight excluding hydrogens is 208 g/mol. The van der Waals surface area contributed by atoms with Gasteiger partial charge in [0.2, 0.25) is 5.90 Å². The molecule has 0 spiro atoms. The van der Waals surface area contributed by atoms with Gasteiger partial charge in [0.05, 0.1) is 6.61 Å². The summed E-state index contributed by atoms with van der Waals surface area (Å²) in [6.45, 7) is 10.9. The lowest BCUT2D eigenvalue weighted by Gasteiger charge is -2.22. The number of aliphatic hydroxyl groups excluding tert-OH is 1. The number of β-amino-alcohol motifs (C(OH)–C–C–N with tert-alkyl or cyclic N) is 1. The van der Waals surface area contributed by atoms with Crippen molar-refractivity contribution in [2.45, 2.75) is 46.3 Å². The average Bonchev–Trinajstić information content (AvgIpc) is 2.14. The molecule has 1 unspecified atom stereocenters. The van der Waals surface area contributed by atoms with E-state index in [4.69, 9.17) is 9.57 Å². The third-order valence-electron chi connectivity index (χ3n) is 1.68. The fourth-order valence-corrected chi connectivity index (χ4v) is 0.932. The topological polar surface area (TPSA) is 63.1 Å². The first-order valence-corrected chi connectivity index (χ1v) is 5.57. The lowest BCUT2D eigenvalue weighted by atomic mass is 10.1. The quantitative estimate of drug-likeness (QED) is 0.409. The van der Waals surface area contributed by atoms with Crippen LogP contribution < -0.4 is 5.32 Å². The number of hydrogen-bond donors (Lipinski definition) is 2. The van der Waals surface area contributed by atoms with Gasteiger partial charge in [-0.25, -0.2) is 0 Å². The standard InChI is InChI=1S/C11H24N2O3/c1-6-15-9(2)13-16-8-10(14)7-12-11(3,4)5/h10,12,14H,6-8H2,1-5H3. The van der Waals surface area contributed by atoms with Crippen LogP contribution in [0.4, 0.5) is 0 Å². The number of nitrogens with one attached hydrogen (secondary N) is 1. The Morgan fingerprint density at radius 3 is 2.56 bits per heavy atom. The summed E-state index contributed by atoms with van der Waals surface area (Å²) in [4.78, 5) is 4.95. The minimum Gasteiger partial charge on any atom is -0.479 e. The summed E-state index contributed by atoms with van der Waals surface area (Å²) >= 11 is 0. The molecule has 2 N–H and O–H groups in total. The van der Waals surface area contributed by atoms with Gasteiger partial charge in [-0.3, -0.25) is 0 Å². The molecule has 0 radical (unpaired) electrons. The van der Waals surface area contributed by atoms with E-state index in [1.54, 1.807) is 6.92 Å². The highest BCUT2D eigenvalue weighted by molar-refractivity contribution is 5.72. The Labute approximate surface area is 97.8 Å². The third-order valence-corrected chi connectivity index (χ3v) is 1.68. The van der Waals surface area contributed by atoms with E-state index in [9.17, 15) is 5.11 Å². The number of nitrogens with zero attached hydrogens (tertiary/aromatic N) is 1. The average molecular weight is 232 g/mol. The van der Waals surface area contributed by atoms with Crippen LogP contribution in [0.2, 0.25) is 0 Å². The second kappa shape index (κ2) is 7.46. The van der Waals surface area contributed by atoms with E-state index < -0.39 is 6.10 Å². The van der Waals surface area contributed by atoms with E-state index in [0.717, 1.165) is 0 Å². The molecule has 1 atom stereocenters. The van der Waals surface area contributed by atoms with Crippen molar-refractivity contribution in [3.63, 3.8) is 0 Å². The highest BCUT2D eigenvalue weighted by Crippen LogP contribution is 1.98. The Kier molecular flexibility index (Phi) is 7.08. The predicted molar refractivity (Wildman–Crippen MR) is 64.4 cm³/mol. The molecule has 0 aliphatic heterocycles. The fraction of sp³-hybridized carbons (Fsp3) is 0.909. The number of oxime groups is 1. The Morgan fingerprint density at radius 1 is 1.44 bits per heavy atom. The first-order chi connectivity index (χ1) is 7.35. The molecule has 96 valence electrons. The first-order valence-electron chi connectivity index (χ1n) is 5.57. The molecule has 0 aliphatic carbocycles. The fourth-order valence-electron chi connectivity index (χ4n) is 0.932. The monoisotopic (exact) mass is 232 g/mol. The molecule has 0 rings (SSSR count). The molecule has 0 bridgehead atoms. The van der Waals surface area contributed by atoms with Crippen molar-refractivity contribution in [3.8, 4) is 0 Å². The second-order valence-electron chi connectivity index (χ2n) is 4.62. The van der Waals surface area contributed by atoms with E-state index in [0.29, 0.717) is 19.0 Å². The number of aliphatic hydroxyl groups is 1. The van der Waals surface area contributed by atoms with Crippen molar-refractivity contribution >= 4 is 5.90 Å². The number of rotatable bonds is 6. The maximum absolute atomic E-state index is 9.56. The molecule has 5 heteroatoms. The van der Waals surface area contributed by atoms with Gasteiger partial charge in [0, 0.05) is 19.0 Å². The Bertz CT molecular complexity index is 212. The van der Waals surface area contributed by atoms with Crippen LogP contribution in [0.25, 0.3) is 0 Å². The summed E-state index contributed by atoms with van der Waals surface area (Å²) in [5.41, 5.74) is -0.00845. The van der Waals surface area contributed by atoms with Crippen LogP contribution in [0.3, 0.4) is 0 Å². The van der Waals surface area contributed by atoms with Gasteiger partial charge in [0.1, 0.15) is 12.7 Å². The minimum atomic E-state index is -0.572. The SMILES string of the molecule is CCOC(C)=NOCC(O)CNC(C)(C)C. The van der Waals surface area contributed by atoms with Gasteiger partial charge >= 0.3 is 0 Å². The summed E-state index contributed by atoms with van der Waals surface area (Å²) in [5, 5.41) is 16.4. The maximum atomic E-state index is 9.56. The van der Waals surface area contributed by atoms with Gasteiger partial charge in [-0.15, -0.1) is 0 Å². The molecule has 16 heavy (non-hydrogen) atoms. The summed E-state index contributed by atoms with van der Waals surface area (Å²) < 4.78 is 5.07. The summed E-state index contributed by atoms with van der Waals surface area (Å²) in [6, 6.07) is 0. The zero-order chi connectivity index (χ0) is 12.6. The van der Waals surface area contributed by atoms with Gasteiger partial charge in [0.25, 0.3) is 0 Å². The van der Waals surface area contributed by atoms with Gasteiger partial charge in [0.15, 0.2) is 0 Å². The molecule has 5 nitrogen and oxygen atoms in total. The number of hydrogen-bond acceptors (Lipinski definition) is 5. The van der Waals surface area contributed by atoms with E-state index in [1.165, 1.54) is 0 Å². The van der Waals surface area contributed by atoms with Crippen molar-refractivity contribution in [3.05, 3.63) is 0 Å². The molecule has 0 aromatic heterocycles.